The van der Waals surface area contributed by atoms with Crippen molar-refractivity contribution in [3.8, 4) is 17.4 Å². The van der Waals surface area contributed by atoms with E-state index in [-0.39, 0.29) is 5.69 Å². The van der Waals surface area contributed by atoms with Gasteiger partial charge in [0.1, 0.15) is 11.5 Å². The SMILES string of the molecule is N#C/C(=C/c1ccc(-c2ccccc2[N+](=O)[O-])o1)c1ccccc1. The molecule has 0 saturated carbocycles. The summed E-state index contributed by atoms with van der Waals surface area (Å²) in [5, 5.41) is 20.5. The fourth-order valence-electron chi connectivity index (χ4n) is 2.36. The molecule has 0 fully saturated rings. The Morgan fingerprint density at radius 3 is 2.46 bits per heavy atom. The van der Waals surface area contributed by atoms with Crippen LogP contribution in [0, 0.1) is 21.4 Å². The molecule has 24 heavy (non-hydrogen) atoms. The summed E-state index contributed by atoms with van der Waals surface area (Å²) in [6.07, 6.45) is 1.62. The zero-order valence-corrected chi connectivity index (χ0v) is 12.5. The highest BCUT2D eigenvalue weighted by Crippen LogP contribution is 2.31. The standard InChI is InChI=1S/C19H12N2O3/c20-13-15(14-6-2-1-3-7-14)12-16-10-11-19(24-16)17-8-4-5-9-18(17)21(22)23/h1-12H/b15-12-. The Balaban J connectivity index is 1.99. The van der Waals surface area contributed by atoms with Crippen LogP contribution in [-0.4, -0.2) is 4.92 Å². The predicted octanol–water partition coefficient (Wildman–Crippen LogP) is 4.92. The molecule has 3 aromatic rings. The van der Waals surface area contributed by atoms with E-state index >= 15 is 0 Å². The summed E-state index contributed by atoms with van der Waals surface area (Å²) >= 11 is 0. The van der Waals surface area contributed by atoms with E-state index in [1.807, 2.05) is 30.3 Å². The van der Waals surface area contributed by atoms with E-state index in [9.17, 15) is 15.4 Å². The lowest BCUT2D eigenvalue weighted by Crippen LogP contribution is -1.90. The topological polar surface area (TPSA) is 80.1 Å². The second-order valence-electron chi connectivity index (χ2n) is 5.01. The summed E-state index contributed by atoms with van der Waals surface area (Å²) in [4.78, 5) is 10.7. The van der Waals surface area contributed by atoms with Crippen molar-refractivity contribution in [1.29, 1.82) is 5.26 Å². The summed E-state index contributed by atoms with van der Waals surface area (Å²) in [5.74, 6) is 0.849. The molecule has 5 heteroatoms. The predicted molar refractivity (Wildman–Crippen MR) is 90.7 cm³/mol. The van der Waals surface area contributed by atoms with Gasteiger partial charge >= 0.3 is 0 Å². The Morgan fingerprint density at radius 2 is 1.75 bits per heavy atom. The minimum absolute atomic E-state index is 0.0223. The van der Waals surface area contributed by atoms with E-state index in [1.165, 1.54) is 6.07 Å². The van der Waals surface area contributed by atoms with Gasteiger partial charge in [-0.15, -0.1) is 0 Å². The molecule has 5 nitrogen and oxygen atoms in total. The molecule has 3 rings (SSSR count). The summed E-state index contributed by atoms with van der Waals surface area (Å²) in [7, 11) is 0. The number of nitrogens with zero attached hydrogens (tertiary/aromatic N) is 2. The van der Waals surface area contributed by atoms with Gasteiger partial charge in [0.15, 0.2) is 0 Å². The molecule has 0 N–H and O–H groups in total. The number of nitro groups is 1. The molecule has 2 aromatic carbocycles. The molecule has 0 spiro atoms. The molecule has 1 aromatic heterocycles. The van der Waals surface area contributed by atoms with Crippen molar-refractivity contribution in [3.63, 3.8) is 0 Å². The fraction of sp³-hybridized carbons (Fsp3) is 0. The molecule has 0 aliphatic carbocycles. The van der Waals surface area contributed by atoms with Gasteiger partial charge in [-0.25, -0.2) is 0 Å². The van der Waals surface area contributed by atoms with Crippen LogP contribution in [0.3, 0.4) is 0 Å². The van der Waals surface area contributed by atoms with Gasteiger partial charge in [0, 0.05) is 6.07 Å². The molecule has 1 heterocycles. The number of nitro benzene ring substituents is 1. The minimum atomic E-state index is -0.446. The molecule has 116 valence electrons. The third-order valence-corrected chi connectivity index (χ3v) is 3.48. The van der Waals surface area contributed by atoms with Gasteiger partial charge < -0.3 is 4.42 Å². The quantitative estimate of drug-likeness (QED) is 0.389. The number of benzene rings is 2. The second kappa shape index (κ2) is 6.63. The van der Waals surface area contributed by atoms with Crippen LogP contribution in [0.5, 0.6) is 0 Å². The van der Waals surface area contributed by atoms with Gasteiger partial charge in [0.2, 0.25) is 0 Å². The van der Waals surface area contributed by atoms with Crippen molar-refractivity contribution in [1.82, 2.24) is 0 Å². The number of para-hydroxylation sites is 1. The van der Waals surface area contributed by atoms with Crippen LogP contribution in [0.15, 0.2) is 71.1 Å². The van der Waals surface area contributed by atoms with Crippen LogP contribution in [0.25, 0.3) is 23.0 Å². The van der Waals surface area contributed by atoms with E-state index in [0.717, 1.165) is 5.56 Å². The molecule has 0 radical (unpaired) electrons. The smallest absolute Gasteiger partial charge is 0.280 e. The number of rotatable bonds is 4. The Kier molecular flexibility index (Phi) is 4.21. The average Bonchev–Trinajstić information content (AvgIpc) is 3.09. The van der Waals surface area contributed by atoms with E-state index in [2.05, 4.69) is 6.07 Å². The van der Waals surface area contributed by atoms with E-state index in [1.54, 1.807) is 36.4 Å². The maximum Gasteiger partial charge on any atom is 0.280 e. The van der Waals surface area contributed by atoms with Gasteiger partial charge in [0.25, 0.3) is 5.69 Å². The van der Waals surface area contributed by atoms with Crippen molar-refractivity contribution < 1.29 is 9.34 Å². The summed E-state index contributed by atoms with van der Waals surface area (Å²) in [6, 6.07) is 21.1. The van der Waals surface area contributed by atoms with E-state index in [4.69, 9.17) is 4.42 Å². The lowest BCUT2D eigenvalue weighted by Gasteiger charge is -1.99. The highest BCUT2D eigenvalue weighted by molar-refractivity contribution is 5.89. The van der Waals surface area contributed by atoms with Crippen molar-refractivity contribution in [2.45, 2.75) is 0 Å². The third kappa shape index (κ3) is 3.08. The molecule has 0 aliphatic rings. The van der Waals surface area contributed by atoms with Crippen LogP contribution in [-0.2, 0) is 0 Å². The Bertz CT molecular complexity index is 950. The maximum atomic E-state index is 11.1. The minimum Gasteiger partial charge on any atom is -0.456 e. The number of hydrogen-bond acceptors (Lipinski definition) is 4. The first-order valence-electron chi connectivity index (χ1n) is 7.20. The monoisotopic (exact) mass is 316 g/mol. The fourth-order valence-corrected chi connectivity index (χ4v) is 2.36. The van der Waals surface area contributed by atoms with Gasteiger partial charge in [-0.05, 0) is 29.8 Å². The van der Waals surface area contributed by atoms with Crippen LogP contribution in [0.2, 0.25) is 0 Å². The number of allylic oxidation sites excluding steroid dienone is 1. The number of furan rings is 1. The largest absolute Gasteiger partial charge is 0.456 e. The van der Waals surface area contributed by atoms with Crippen molar-refractivity contribution in [2.24, 2.45) is 0 Å². The third-order valence-electron chi connectivity index (χ3n) is 3.48. The highest BCUT2D eigenvalue weighted by Gasteiger charge is 2.17. The zero-order valence-electron chi connectivity index (χ0n) is 12.5. The van der Waals surface area contributed by atoms with Gasteiger partial charge in [-0.2, -0.15) is 5.26 Å². The first-order valence-corrected chi connectivity index (χ1v) is 7.20. The van der Waals surface area contributed by atoms with Crippen molar-refractivity contribution >= 4 is 17.3 Å². The molecule has 0 unspecified atom stereocenters. The van der Waals surface area contributed by atoms with Crippen LogP contribution >= 0.6 is 0 Å². The molecule has 0 aliphatic heterocycles. The average molecular weight is 316 g/mol. The Morgan fingerprint density at radius 1 is 1.04 bits per heavy atom. The molecule has 0 bridgehead atoms. The Labute approximate surface area is 138 Å². The number of nitriles is 1. The molecule has 0 amide bonds. The first-order chi connectivity index (χ1) is 11.7. The summed E-state index contributed by atoms with van der Waals surface area (Å²) in [6.45, 7) is 0. The lowest BCUT2D eigenvalue weighted by atomic mass is 10.1. The van der Waals surface area contributed by atoms with Crippen molar-refractivity contribution in [3.05, 3.63) is 88.2 Å². The van der Waals surface area contributed by atoms with E-state index in [0.29, 0.717) is 22.7 Å². The normalized spacial score (nSPS) is 11.0. The van der Waals surface area contributed by atoms with Gasteiger partial charge in [-0.3, -0.25) is 10.1 Å². The zero-order chi connectivity index (χ0) is 16.9. The second-order valence-corrected chi connectivity index (χ2v) is 5.01. The van der Waals surface area contributed by atoms with Crippen LogP contribution < -0.4 is 0 Å². The summed E-state index contributed by atoms with van der Waals surface area (Å²) < 4.78 is 5.68. The van der Waals surface area contributed by atoms with Crippen molar-refractivity contribution in [2.75, 3.05) is 0 Å². The lowest BCUT2D eigenvalue weighted by molar-refractivity contribution is -0.384. The molecular weight excluding hydrogens is 304 g/mol. The van der Waals surface area contributed by atoms with E-state index < -0.39 is 4.92 Å². The summed E-state index contributed by atoms with van der Waals surface area (Å²) in [5.41, 5.74) is 1.62. The van der Waals surface area contributed by atoms with Gasteiger partial charge in [0.05, 0.1) is 22.1 Å². The Hall–Kier alpha value is -3.65. The molecule has 0 saturated heterocycles. The number of hydrogen-bond donors (Lipinski definition) is 0. The highest BCUT2D eigenvalue weighted by atomic mass is 16.6. The van der Waals surface area contributed by atoms with Gasteiger partial charge in [-0.1, -0.05) is 42.5 Å². The van der Waals surface area contributed by atoms with Crippen LogP contribution in [0.1, 0.15) is 11.3 Å². The molecule has 0 atom stereocenters. The molecular formula is C19H12N2O3. The first kappa shape index (κ1) is 15.3. The maximum absolute atomic E-state index is 11.1. The van der Waals surface area contributed by atoms with Crippen LogP contribution in [0.4, 0.5) is 5.69 Å².